The summed E-state index contributed by atoms with van der Waals surface area (Å²) in [6.07, 6.45) is 18.3. The van der Waals surface area contributed by atoms with Crippen LogP contribution in [0.1, 0.15) is 114 Å². The first-order chi connectivity index (χ1) is 25.8. The lowest BCUT2D eigenvalue weighted by Crippen LogP contribution is -2.38. The first-order valence-electron chi connectivity index (χ1n) is 19.9. The maximum atomic E-state index is 7.13. The highest BCUT2D eigenvalue weighted by atomic mass is 16.6. The Hall–Kier alpha value is -4.19. The largest absolute Gasteiger partial charge is 0.467 e. The molecule has 5 nitrogen and oxygen atoms in total. The molecule has 0 saturated carbocycles. The standard InChI is InChI=1S/C47H59NO4/c1-2-3-4-5-6-7-8-9-10-11-12-13-14-27-36-49-38-44(51-46-37-45(52-48-46)40-28-19-15-20-29-40)39-50-47(41-30-21-16-22-31-41,42-32-23-17-24-33-42)43-34-25-18-26-35-43/h15-26,28-35,37,44H,2-14,27,36,38-39H2,1H3. The molecule has 5 rings (SSSR count). The van der Waals surface area contributed by atoms with Crippen molar-refractivity contribution in [2.24, 2.45) is 0 Å². The normalized spacial score (nSPS) is 12.2. The number of hydrogen-bond acceptors (Lipinski definition) is 5. The van der Waals surface area contributed by atoms with Crippen LogP contribution in [-0.4, -0.2) is 31.1 Å². The van der Waals surface area contributed by atoms with Gasteiger partial charge in [0.1, 0.15) is 11.7 Å². The summed E-state index contributed by atoms with van der Waals surface area (Å²) in [6.45, 7) is 3.62. The second-order valence-corrected chi connectivity index (χ2v) is 13.9. The zero-order valence-electron chi connectivity index (χ0n) is 31.3. The fraction of sp³-hybridized carbons (Fsp3) is 0.426. The van der Waals surface area contributed by atoms with E-state index in [-0.39, 0.29) is 6.61 Å². The first-order valence-corrected chi connectivity index (χ1v) is 19.9. The van der Waals surface area contributed by atoms with Crippen molar-refractivity contribution in [3.8, 4) is 17.2 Å². The van der Waals surface area contributed by atoms with E-state index in [4.69, 9.17) is 18.7 Å². The maximum absolute atomic E-state index is 7.13. The van der Waals surface area contributed by atoms with E-state index in [1.54, 1.807) is 0 Å². The third-order valence-corrected chi connectivity index (χ3v) is 9.81. The number of ether oxygens (including phenoxy) is 3. The molecule has 1 unspecified atom stereocenters. The van der Waals surface area contributed by atoms with Crippen molar-refractivity contribution >= 4 is 0 Å². The molecule has 4 aromatic carbocycles. The Morgan fingerprint density at radius 1 is 0.538 bits per heavy atom. The molecule has 0 spiro atoms. The van der Waals surface area contributed by atoms with Crippen LogP contribution in [0.2, 0.25) is 0 Å². The van der Waals surface area contributed by atoms with Crippen molar-refractivity contribution in [3.63, 3.8) is 0 Å². The van der Waals surface area contributed by atoms with Crippen LogP contribution in [0.25, 0.3) is 11.3 Å². The highest BCUT2D eigenvalue weighted by Crippen LogP contribution is 2.40. The summed E-state index contributed by atoms with van der Waals surface area (Å²) in [4.78, 5) is 0. The van der Waals surface area contributed by atoms with Gasteiger partial charge in [-0.1, -0.05) is 212 Å². The Morgan fingerprint density at radius 3 is 1.46 bits per heavy atom. The zero-order valence-corrected chi connectivity index (χ0v) is 31.3. The lowest BCUT2D eigenvalue weighted by Gasteiger charge is -2.37. The van der Waals surface area contributed by atoms with E-state index in [0.717, 1.165) is 28.7 Å². The number of benzene rings is 4. The molecule has 1 atom stereocenters. The smallest absolute Gasteiger partial charge is 0.255 e. The Kier molecular flexibility index (Phi) is 17.0. The SMILES string of the molecule is CCCCCCCCCCCCCCCCOCC(COC(c1ccccc1)(c1ccccc1)c1ccccc1)Oc1cc(-c2ccccc2)on1. The van der Waals surface area contributed by atoms with Crippen LogP contribution < -0.4 is 4.74 Å². The molecule has 0 fully saturated rings. The second-order valence-electron chi connectivity index (χ2n) is 13.9. The van der Waals surface area contributed by atoms with E-state index < -0.39 is 11.7 Å². The number of unbranched alkanes of at least 4 members (excludes halogenated alkanes) is 13. The molecule has 0 aliphatic rings. The molecular weight excluding hydrogens is 643 g/mol. The third kappa shape index (κ3) is 12.2. The Morgan fingerprint density at radius 2 is 0.981 bits per heavy atom. The van der Waals surface area contributed by atoms with Crippen LogP contribution >= 0.6 is 0 Å². The fourth-order valence-corrected chi connectivity index (χ4v) is 6.94. The topological polar surface area (TPSA) is 53.7 Å². The van der Waals surface area contributed by atoms with E-state index in [1.807, 2.05) is 54.6 Å². The van der Waals surface area contributed by atoms with Crippen LogP contribution in [0.3, 0.4) is 0 Å². The molecule has 276 valence electrons. The van der Waals surface area contributed by atoms with Crippen LogP contribution in [0.4, 0.5) is 0 Å². The molecule has 0 amide bonds. The maximum Gasteiger partial charge on any atom is 0.255 e. The Balaban J connectivity index is 1.18. The van der Waals surface area contributed by atoms with E-state index in [1.165, 1.54) is 83.5 Å². The van der Waals surface area contributed by atoms with Crippen LogP contribution in [-0.2, 0) is 15.1 Å². The number of hydrogen-bond donors (Lipinski definition) is 0. The molecular formula is C47H59NO4. The van der Waals surface area contributed by atoms with Crippen molar-refractivity contribution in [2.75, 3.05) is 19.8 Å². The summed E-state index contributed by atoms with van der Waals surface area (Å²) < 4.78 is 25.6. The minimum absolute atomic E-state index is 0.269. The van der Waals surface area contributed by atoms with E-state index in [0.29, 0.717) is 24.9 Å². The molecule has 0 aliphatic heterocycles. The van der Waals surface area contributed by atoms with Crippen molar-refractivity contribution in [2.45, 2.75) is 109 Å². The highest BCUT2D eigenvalue weighted by molar-refractivity contribution is 5.57. The predicted octanol–water partition coefficient (Wildman–Crippen LogP) is 12.6. The molecule has 1 heterocycles. The van der Waals surface area contributed by atoms with Gasteiger partial charge in [-0.15, -0.1) is 0 Å². The van der Waals surface area contributed by atoms with Gasteiger partial charge >= 0.3 is 0 Å². The average Bonchev–Trinajstić information content (AvgIpc) is 3.68. The lowest BCUT2D eigenvalue weighted by atomic mass is 9.80. The Labute approximate surface area is 312 Å². The van der Waals surface area contributed by atoms with Gasteiger partial charge in [-0.05, 0) is 28.3 Å². The molecule has 1 aromatic heterocycles. The summed E-state index contributed by atoms with van der Waals surface area (Å²) >= 11 is 0. The van der Waals surface area contributed by atoms with Crippen molar-refractivity contribution in [3.05, 3.63) is 144 Å². The third-order valence-electron chi connectivity index (χ3n) is 9.81. The van der Waals surface area contributed by atoms with Gasteiger partial charge in [-0.25, -0.2) is 0 Å². The second kappa shape index (κ2) is 22.7. The molecule has 5 aromatic rings. The molecule has 0 N–H and O–H groups in total. The summed E-state index contributed by atoms with van der Waals surface area (Å²) in [5.41, 5.74) is 3.22. The highest BCUT2D eigenvalue weighted by Gasteiger charge is 2.38. The van der Waals surface area contributed by atoms with Gasteiger partial charge in [0, 0.05) is 18.2 Å². The summed E-state index contributed by atoms with van der Waals surface area (Å²) in [5, 5.41) is 4.27. The summed E-state index contributed by atoms with van der Waals surface area (Å²) in [5.74, 6) is 1.07. The van der Waals surface area contributed by atoms with Crippen LogP contribution in [0, 0.1) is 0 Å². The van der Waals surface area contributed by atoms with Gasteiger partial charge in [0.2, 0.25) is 0 Å². The van der Waals surface area contributed by atoms with Gasteiger partial charge in [-0.2, -0.15) is 0 Å². The van der Waals surface area contributed by atoms with Gasteiger partial charge in [0.05, 0.1) is 13.2 Å². The molecule has 0 bridgehead atoms. The number of nitrogens with zero attached hydrogens (tertiary/aromatic N) is 1. The van der Waals surface area contributed by atoms with Crippen molar-refractivity contribution in [1.82, 2.24) is 5.16 Å². The minimum Gasteiger partial charge on any atom is -0.467 e. The van der Waals surface area contributed by atoms with Crippen LogP contribution in [0.5, 0.6) is 5.88 Å². The number of aromatic nitrogens is 1. The van der Waals surface area contributed by atoms with E-state index in [9.17, 15) is 0 Å². The fourth-order valence-electron chi connectivity index (χ4n) is 6.94. The van der Waals surface area contributed by atoms with Crippen molar-refractivity contribution < 1.29 is 18.7 Å². The van der Waals surface area contributed by atoms with Gasteiger partial charge in [0.15, 0.2) is 5.76 Å². The van der Waals surface area contributed by atoms with Gasteiger partial charge < -0.3 is 18.7 Å². The molecule has 5 heteroatoms. The summed E-state index contributed by atoms with van der Waals surface area (Å²) in [7, 11) is 0. The van der Waals surface area contributed by atoms with Gasteiger partial charge in [0.25, 0.3) is 5.88 Å². The van der Waals surface area contributed by atoms with Crippen LogP contribution in [0.15, 0.2) is 132 Å². The zero-order chi connectivity index (χ0) is 35.9. The minimum atomic E-state index is -0.862. The average molecular weight is 702 g/mol. The van der Waals surface area contributed by atoms with Crippen molar-refractivity contribution in [1.29, 1.82) is 0 Å². The first kappa shape index (κ1) is 39.0. The lowest BCUT2D eigenvalue weighted by molar-refractivity contribution is -0.0570. The quantitative estimate of drug-likeness (QED) is 0.0424. The molecule has 0 aliphatic carbocycles. The molecule has 0 radical (unpaired) electrons. The van der Waals surface area contributed by atoms with E-state index in [2.05, 4.69) is 84.9 Å². The van der Waals surface area contributed by atoms with E-state index >= 15 is 0 Å². The number of rotatable bonds is 26. The Bertz CT molecular complexity index is 1510. The molecule has 52 heavy (non-hydrogen) atoms. The summed E-state index contributed by atoms with van der Waals surface area (Å²) in [6, 6.07) is 43.1. The predicted molar refractivity (Wildman–Crippen MR) is 213 cm³/mol. The molecule has 0 saturated heterocycles. The monoisotopic (exact) mass is 701 g/mol. The van der Waals surface area contributed by atoms with Gasteiger partial charge in [-0.3, -0.25) is 0 Å².